The lowest BCUT2D eigenvalue weighted by molar-refractivity contribution is 0.661. The summed E-state index contributed by atoms with van der Waals surface area (Å²) in [4.78, 5) is 2.58. The summed E-state index contributed by atoms with van der Waals surface area (Å²) in [5.41, 5.74) is 22.4. The first kappa shape index (κ1) is 32.9. The summed E-state index contributed by atoms with van der Waals surface area (Å²) in [6.45, 7) is 4.82. The molecule has 3 aliphatic heterocycles. The molecule has 0 bridgehead atoms. The Bertz CT molecular complexity index is 3290. The van der Waals surface area contributed by atoms with E-state index in [1.807, 2.05) is 0 Å². The lowest BCUT2D eigenvalue weighted by Gasteiger charge is -2.45. The lowest BCUT2D eigenvalue weighted by atomic mass is 9.64. The van der Waals surface area contributed by atoms with Crippen LogP contribution in [0.1, 0.15) is 47.2 Å². The maximum Gasteiger partial charge on any atom is 0.182 e. The third-order valence-corrected chi connectivity index (χ3v) is 20.0. The van der Waals surface area contributed by atoms with Crippen LogP contribution in [0.4, 0.5) is 17.1 Å². The minimum atomic E-state index is -2.79. The van der Waals surface area contributed by atoms with Crippen LogP contribution < -0.4 is 25.6 Å². The van der Waals surface area contributed by atoms with Crippen molar-refractivity contribution in [3.63, 3.8) is 0 Å². The summed E-state index contributed by atoms with van der Waals surface area (Å²) in [5.74, 6) is 0. The molecule has 0 radical (unpaired) electrons. The molecule has 1 unspecified atom stereocenters. The Hall–Kier alpha value is -7.00. The zero-order chi connectivity index (χ0) is 39.5. The van der Waals surface area contributed by atoms with Crippen molar-refractivity contribution >= 4 is 45.9 Å². The number of rotatable bonds is 1. The van der Waals surface area contributed by atoms with Crippen LogP contribution in [0.5, 0.6) is 0 Å². The molecule has 9 aromatic carbocycles. The van der Waals surface area contributed by atoms with Gasteiger partial charge in [-0.15, -0.1) is 0 Å². The number of fused-ring (bicyclic) bond motifs is 22. The second-order valence-electron chi connectivity index (χ2n) is 17.9. The van der Waals surface area contributed by atoms with E-state index in [1.54, 1.807) is 0 Å². The molecule has 9 aromatic rings. The van der Waals surface area contributed by atoms with Gasteiger partial charge in [0.05, 0.1) is 16.8 Å². The molecule has 3 heterocycles. The zero-order valence-corrected chi connectivity index (χ0v) is 34.5. The van der Waals surface area contributed by atoms with Crippen molar-refractivity contribution < 1.29 is 0 Å². The molecule has 5 aliphatic rings. The molecule has 0 fully saturated rings. The van der Waals surface area contributed by atoms with Crippen LogP contribution >= 0.6 is 0 Å². The molecule has 0 N–H and O–H groups in total. The molecule has 0 aromatic heterocycles. The SMILES string of the molecule is CC1(C)c2ccccc2-c2cc3c(cc21)-c1ccccc1[Si]31c2ccccc2-c2ccc(N3c4ccccc4C4(c5ccccc5-c5ccccc54)c4ccccc43)cc21. The van der Waals surface area contributed by atoms with Crippen LogP contribution in [0.2, 0.25) is 0 Å². The first-order valence-electron chi connectivity index (χ1n) is 21.4. The Labute approximate surface area is 351 Å². The molecule has 1 atom stereocenters. The second kappa shape index (κ2) is 11.2. The fourth-order valence-electron chi connectivity index (χ4n) is 12.8. The first-order valence-corrected chi connectivity index (χ1v) is 23.4. The van der Waals surface area contributed by atoms with Gasteiger partial charge in [0.25, 0.3) is 0 Å². The van der Waals surface area contributed by atoms with E-state index in [9.17, 15) is 0 Å². The third-order valence-electron chi connectivity index (χ3n) is 15.1. The average molecular weight is 778 g/mol. The second-order valence-corrected chi connectivity index (χ2v) is 21.6. The smallest absolute Gasteiger partial charge is 0.182 e. The third kappa shape index (κ3) is 3.65. The van der Waals surface area contributed by atoms with Gasteiger partial charge < -0.3 is 4.90 Å². The zero-order valence-electron chi connectivity index (χ0n) is 33.5. The molecule has 0 saturated carbocycles. The van der Waals surface area contributed by atoms with E-state index in [2.05, 4.69) is 219 Å². The fraction of sp³-hybridized carbons (Fsp3) is 0.0690. The van der Waals surface area contributed by atoms with E-state index in [0.29, 0.717) is 0 Å². The number of hydrogen-bond acceptors (Lipinski definition) is 1. The fourth-order valence-corrected chi connectivity index (χ4v) is 18.4. The van der Waals surface area contributed by atoms with Gasteiger partial charge in [-0.1, -0.05) is 184 Å². The summed E-state index contributed by atoms with van der Waals surface area (Å²) in [5, 5.41) is 6.03. The Balaban J connectivity index is 1.06. The molecule has 2 heteroatoms. The normalized spacial score (nSPS) is 17.8. The van der Waals surface area contributed by atoms with Crippen LogP contribution in [0.15, 0.2) is 200 Å². The number of anilines is 3. The molecular weight excluding hydrogens is 739 g/mol. The summed E-state index contributed by atoms with van der Waals surface area (Å²) in [6, 6.07) is 77.2. The Morgan fingerprint density at radius 2 is 0.750 bits per heavy atom. The highest BCUT2D eigenvalue weighted by atomic mass is 28.3. The summed E-state index contributed by atoms with van der Waals surface area (Å²) in [6.07, 6.45) is 0. The number of para-hydroxylation sites is 2. The molecule has 0 saturated heterocycles. The van der Waals surface area contributed by atoms with E-state index >= 15 is 0 Å². The van der Waals surface area contributed by atoms with Crippen LogP contribution in [0.3, 0.4) is 0 Å². The number of nitrogens with zero attached hydrogens (tertiary/aromatic N) is 1. The Morgan fingerprint density at radius 3 is 1.35 bits per heavy atom. The van der Waals surface area contributed by atoms with Gasteiger partial charge in [0.1, 0.15) is 0 Å². The van der Waals surface area contributed by atoms with E-state index in [1.165, 1.54) is 116 Å². The van der Waals surface area contributed by atoms with Crippen molar-refractivity contribution in [3.8, 4) is 44.5 Å². The van der Waals surface area contributed by atoms with E-state index in [0.717, 1.165) is 0 Å². The van der Waals surface area contributed by atoms with Gasteiger partial charge in [-0.2, -0.15) is 0 Å². The molecule has 14 rings (SSSR count). The minimum Gasteiger partial charge on any atom is -0.310 e. The molecule has 280 valence electrons. The highest BCUT2D eigenvalue weighted by Crippen LogP contribution is 2.63. The van der Waals surface area contributed by atoms with Crippen molar-refractivity contribution in [2.75, 3.05) is 4.90 Å². The van der Waals surface area contributed by atoms with Gasteiger partial charge in [-0.05, 0) is 129 Å². The van der Waals surface area contributed by atoms with Crippen LogP contribution in [-0.2, 0) is 10.8 Å². The van der Waals surface area contributed by atoms with Crippen molar-refractivity contribution in [3.05, 3.63) is 234 Å². The Kier molecular flexibility index (Phi) is 6.13. The van der Waals surface area contributed by atoms with E-state index in [4.69, 9.17) is 0 Å². The van der Waals surface area contributed by atoms with Crippen molar-refractivity contribution in [1.82, 2.24) is 0 Å². The molecule has 2 spiro atoms. The summed E-state index contributed by atoms with van der Waals surface area (Å²) >= 11 is 0. The monoisotopic (exact) mass is 777 g/mol. The molecular formula is C58H39NSi. The van der Waals surface area contributed by atoms with E-state index < -0.39 is 13.5 Å². The van der Waals surface area contributed by atoms with Crippen LogP contribution in [-0.4, -0.2) is 8.07 Å². The first-order chi connectivity index (χ1) is 29.5. The lowest BCUT2D eigenvalue weighted by Crippen LogP contribution is -2.70. The van der Waals surface area contributed by atoms with Gasteiger partial charge in [0.2, 0.25) is 0 Å². The van der Waals surface area contributed by atoms with Crippen molar-refractivity contribution in [1.29, 1.82) is 0 Å². The van der Waals surface area contributed by atoms with Crippen molar-refractivity contribution in [2.45, 2.75) is 24.7 Å². The average Bonchev–Trinajstić information content (AvgIpc) is 3.95. The topological polar surface area (TPSA) is 3.24 Å². The molecule has 0 amide bonds. The number of hydrogen-bond donors (Lipinski definition) is 0. The van der Waals surface area contributed by atoms with Gasteiger partial charge in [-0.3, -0.25) is 0 Å². The van der Waals surface area contributed by atoms with Gasteiger partial charge in [0.15, 0.2) is 8.07 Å². The van der Waals surface area contributed by atoms with Gasteiger partial charge in [0, 0.05) is 11.1 Å². The largest absolute Gasteiger partial charge is 0.310 e. The predicted octanol–water partition coefficient (Wildman–Crippen LogP) is 11.5. The predicted molar refractivity (Wildman–Crippen MR) is 251 cm³/mol. The van der Waals surface area contributed by atoms with Crippen LogP contribution in [0.25, 0.3) is 44.5 Å². The maximum atomic E-state index is 2.65. The molecule has 60 heavy (non-hydrogen) atoms. The Morgan fingerprint density at radius 1 is 0.317 bits per heavy atom. The van der Waals surface area contributed by atoms with E-state index in [-0.39, 0.29) is 5.41 Å². The standard InChI is InChI=1S/C58H39NSi/c1-57(2)45-22-8-3-19-39(45)43-35-56-44(34-50(43)57)41-21-7-16-30-54(41)60(56)53-29-15-6-20-40(53)42-32-31-36(33-55(42)60)59-51-27-13-11-25-48(51)58(49-26-12-14-28-52(49)59)46-23-9-4-17-37(46)38-18-5-10-24-47(38)58/h3-35H,1-2H3. The van der Waals surface area contributed by atoms with Crippen molar-refractivity contribution in [2.24, 2.45) is 0 Å². The molecule has 2 aliphatic carbocycles. The maximum absolute atomic E-state index is 2.79. The van der Waals surface area contributed by atoms with Crippen LogP contribution in [0, 0.1) is 0 Å². The molecule has 1 nitrogen and oxygen atoms in total. The summed E-state index contributed by atoms with van der Waals surface area (Å²) < 4.78 is 0. The number of benzene rings is 9. The highest BCUT2D eigenvalue weighted by molar-refractivity contribution is 7.24. The van der Waals surface area contributed by atoms with Gasteiger partial charge >= 0.3 is 0 Å². The quantitative estimate of drug-likeness (QED) is 0.150. The highest BCUT2D eigenvalue weighted by Gasteiger charge is 2.56. The summed E-state index contributed by atoms with van der Waals surface area (Å²) in [7, 11) is -2.79. The van der Waals surface area contributed by atoms with Gasteiger partial charge in [-0.25, -0.2) is 0 Å². The minimum absolute atomic E-state index is 0.0708.